The second-order valence-corrected chi connectivity index (χ2v) is 6.03. The topological polar surface area (TPSA) is 103 Å². The SMILES string of the molecule is CC.CCCCCC(=O)NCc1cn([C@@H](Cc2ccccc2)C(N)=O)nn1. The molecule has 0 fully saturated rings. The summed E-state index contributed by atoms with van der Waals surface area (Å²) < 4.78 is 1.47. The molecular formula is C20H31N5O2. The number of amides is 2. The molecule has 1 heterocycles. The number of nitrogens with one attached hydrogen (secondary N) is 1. The van der Waals surface area contributed by atoms with Crippen molar-refractivity contribution in [3.63, 3.8) is 0 Å². The molecule has 0 saturated carbocycles. The lowest BCUT2D eigenvalue weighted by Gasteiger charge is -2.13. The summed E-state index contributed by atoms with van der Waals surface area (Å²) in [6.45, 7) is 6.39. The summed E-state index contributed by atoms with van der Waals surface area (Å²) in [5.74, 6) is -0.470. The molecule has 0 bridgehead atoms. The number of hydrogen-bond acceptors (Lipinski definition) is 4. The number of carbonyl (C=O) groups excluding carboxylic acids is 2. The van der Waals surface area contributed by atoms with Crippen LogP contribution < -0.4 is 11.1 Å². The Kier molecular flexibility index (Phi) is 10.4. The number of rotatable bonds is 10. The van der Waals surface area contributed by atoms with Crippen LogP contribution >= 0.6 is 0 Å². The minimum Gasteiger partial charge on any atom is -0.368 e. The highest BCUT2D eigenvalue weighted by molar-refractivity contribution is 5.78. The van der Waals surface area contributed by atoms with E-state index in [-0.39, 0.29) is 5.91 Å². The van der Waals surface area contributed by atoms with Gasteiger partial charge in [0, 0.05) is 12.8 Å². The molecule has 7 nitrogen and oxygen atoms in total. The van der Waals surface area contributed by atoms with Crippen molar-refractivity contribution in [3.05, 3.63) is 47.8 Å². The van der Waals surface area contributed by atoms with Crippen LogP contribution in [0.3, 0.4) is 0 Å². The number of nitrogens with zero attached hydrogens (tertiary/aromatic N) is 3. The fourth-order valence-electron chi connectivity index (χ4n) is 2.52. The summed E-state index contributed by atoms with van der Waals surface area (Å²) in [6, 6.07) is 9.00. The van der Waals surface area contributed by atoms with Gasteiger partial charge in [-0.1, -0.05) is 69.2 Å². The Balaban J connectivity index is 0.00000176. The third-order valence-corrected chi connectivity index (χ3v) is 3.95. The molecule has 27 heavy (non-hydrogen) atoms. The first kappa shape index (κ1) is 22.3. The number of unbranched alkanes of at least 4 members (excludes halogenated alkanes) is 2. The zero-order chi connectivity index (χ0) is 20.1. The Morgan fingerprint density at radius 2 is 1.89 bits per heavy atom. The molecule has 0 aliphatic heterocycles. The van der Waals surface area contributed by atoms with E-state index in [4.69, 9.17) is 5.73 Å². The maximum Gasteiger partial charge on any atom is 0.242 e. The number of aromatic nitrogens is 3. The summed E-state index contributed by atoms with van der Waals surface area (Å²) in [7, 11) is 0. The number of hydrogen-bond donors (Lipinski definition) is 2. The smallest absolute Gasteiger partial charge is 0.242 e. The summed E-state index contributed by atoms with van der Waals surface area (Å²) in [5, 5.41) is 10.8. The number of primary amides is 1. The largest absolute Gasteiger partial charge is 0.368 e. The maximum absolute atomic E-state index is 11.8. The molecule has 1 aromatic carbocycles. The van der Waals surface area contributed by atoms with Gasteiger partial charge in [0.05, 0.1) is 12.7 Å². The number of carbonyl (C=O) groups is 2. The maximum atomic E-state index is 11.8. The highest BCUT2D eigenvalue weighted by Crippen LogP contribution is 2.13. The Morgan fingerprint density at radius 1 is 1.19 bits per heavy atom. The van der Waals surface area contributed by atoms with Crippen molar-refractivity contribution >= 4 is 11.8 Å². The van der Waals surface area contributed by atoms with Gasteiger partial charge < -0.3 is 11.1 Å². The van der Waals surface area contributed by atoms with Crippen LogP contribution in [-0.2, 0) is 22.6 Å². The van der Waals surface area contributed by atoms with Gasteiger partial charge in [0.1, 0.15) is 11.7 Å². The van der Waals surface area contributed by atoms with Gasteiger partial charge in [0.15, 0.2) is 0 Å². The summed E-state index contributed by atoms with van der Waals surface area (Å²) in [5.41, 5.74) is 7.11. The van der Waals surface area contributed by atoms with Crippen molar-refractivity contribution in [3.8, 4) is 0 Å². The van der Waals surface area contributed by atoms with Gasteiger partial charge in [0.2, 0.25) is 11.8 Å². The van der Waals surface area contributed by atoms with Gasteiger partial charge in [0.25, 0.3) is 0 Å². The monoisotopic (exact) mass is 373 g/mol. The van der Waals surface area contributed by atoms with Crippen LogP contribution in [0.5, 0.6) is 0 Å². The van der Waals surface area contributed by atoms with Crippen molar-refractivity contribution in [2.45, 2.75) is 65.5 Å². The van der Waals surface area contributed by atoms with Crippen molar-refractivity contribution in [1.29, 1.82) is 0 Å². The lowest BCUT2D eigenvalue weighted by atomic mass is 10.1. The van der Waals surface area contributed by atoms with Crippen LogP contribution in [0.4, 0.5) is 0 Å². The van der Waals surface area contributed by atoms with Crippen molar-refractivity contribution in [2.24, 2.45) is 5.73 Å². The van der Waals surface area contributed by atoms with Gasteiger partial charge in [-0.05, 0) is 12.0 Å². The summed E-state index contributed by atoms with van der Waals surface area (Å²) in [4.78, 5) is 23.5. The van der Waals surface area contributed by atoms with Crippen molar-refractivity contribution < 1.29 is 9.59 Å². The average molecular weight is 374 g/mol. The second kappa shape index (κ2) is 12.6. The zero-order valence-electron chi connectivity index (χ0n) is 16.5. The Bertz CT molecular complexity index is 685. The van der Waals surface area contributed by atoms with Gasteiger partial charge in [-0.2, -0.15) is 0 Å². The van der Waals surface area contributed by atoms with E-state index in [1.54, 1.807) is 6.20 Å². The molecular weight excluding hydrogens is 342 g/mol. The first-order valence-electron chi connectivity index (χ1n) is 9.60. The van der Waals surface area contributed by atoms with Gasteiger partial charge in [-0.15, -0.1) is 5.10 Å². The first-order chi connectivity index (χ1) is 13.1. The third-order valence-electron chi connectivity index (χ3n) is 3.95. The van der Waals surface area contributed by atoms with E-state index in [1.807, 2.05) is 44.2 Å². The summed E-state index contributed by atoms with van der Waals surface area (Å²) >= 11 is 0. The van der Waals surface area contributed by atoms with Crippen LogP contribution in [0.25, 0.3) is 0 Å². The van der Waals surface area contributed by atoms with E-state index >= 15 is 0 Å². The van der Waals surface area contributed by atoms with Crippen molar-refractivity contribution in [1.82, 2.24) is 20.3 Å². The Hall–Kier alpha value is -2.70. The van der Waals surface area contributed by atoms with E-state index < -0.39 is 11.9 Å². The normalized spacial score (nSPS) is 11.2. The molecule has 2 amide bonds. The number of nitrogens with two attached hydrogens (primary N) is 1. The third kappa shape index (κ3) is 8.02. The minimum absolute atomic E-state index is 0.00117. The molecule has 148 valence electrons. The molecule has 0 radical (unpaired) electrons. The highest BCUT2D eigenvalue weighted by Gasteiger charge is 2.20. The standard InChI is InChI=1S/C18H25N5O2.C2H6/c1-2-3-5-10-17(24)20-12-15-13-23(22-21-15)16(18(19)25)11-14-8-6-4-7-9-14;1-2/h4,6-9,13,16H,2-3,5,10-12H2,1H3,(H2,19,25)(H,20,24);1-2H3/t16-;/m0./s1. The molecule has 3 N–H and O–H groups in total. The summed E-state index contributed by atoms with van der Waals surface area (Å²) in [6.07, 6.45) is 5.63. The molecule has 0 aliphatic carbocycles. The predicted molar refractivity (Wildman–Crippen MR) is 106 cm³/mol. The van der Waals surface area contributed by atoms with Crippen LogP contribution in [0.1, 0.15) is 63.8 Å². The van der Waals surface area contributed by atoms with E-state index in [0.29, 0.717) is 25.1 Å². The zero-order valence-corrected chi connectivity index (χ0v) is 16.5. The Morgan fingerprint density at radius 3 is 2.52 bits per heavy atom. The van der Waals surface area contributed by atoms with Crippen LogP contribution in [-0.4, -0.2) is 26.8 Å². The molecule has 2 rings (SSSR count). The number of benzene rings is 1. The first-order valence-corrected chi connectivity index (χ1v) is 9.60. The van der Waals surface area contributed by atoms with Crippen molar-refractivity contribution in [2.75, 3.05) is 0 Å². The minimum atomic E-state index is -0.607. The molecule has 1 aromatic heterocycles. The molecule has 2 aromatic rings. The highest BCUT2D eigenvalue weighted by atomic mass is 16.2. The van der Waals surface area contributed by atoms with E-state index in [9.17, 15) is 9.59 Å². The fraction of sp³-hybridized carbons (Fsp3) is 0.500. The molecule has 1 atom stereocenters. The molecule has 0 aliphatic rings. The van der Waals surface area contributed by atoms with E-state index in [1.165, 1.54) is 4.68 Å². The fourth-order valence-corrected chi connectivity index (χ4v) is 2.52. The average Bonchev–Trinajstić information content (AvgIpc) is 3.15. The molecule has 0 saturated heterocycles. The Labute approximate surface area is 161 Å². The predicted octanol–water partition coefficient (Wildman–Crippen LogP) is 2.77. The van der Waals surface area contributed by atoms with Crippen LogP contribution in [0.2, 0.25) is 0 Å². The van der Waals surface area contributed by atoms with Crippen LogP contribution in [0.15, 0.2) is 36.5 Å². The lowest BCUT2D eigenvalue weighted by Crippen LogP contribution is -2.28. The molecule has 7 heteroatoms. The van der Waals surface area contributed by atoms with Crippen LogP contribution in [0, 0.1) is 0 Å². The molecule has 0 unspecified atom stereocenters. The lowest BCUT2D eigenvalue weighted by molar-refractivity contribution is -0.122. The molecule has 0 spiro atoms. The van der Waals surface area contributed by atoms with E-state index in [0.717, 1.165) is 24.8 Å². The van der Waals surface area contributed by atoms with Gasteiger partial charge in [-0.25, -0.2) is 4.68 Å². The van der Waals surface area contributed by atoms with E-state index in [2.05, 4.69) is 22.6 Å². The van der Waals surface area contributed by atoms with Gasteiger partial charge in [-0.3, -0.25) is 9.59 Å². The second-order valence-electron chi connectivity index (χ2n) is 6.03. The quantitative estimate of drug-likeness (QED) is 0.625. The van der Waals surface area contributed by atoms with Gasteiger partial charge >= 0.3 is 0 Å².